The third kappa shape index (κ3) is 5.70. The van der Waals surface area contributed by atoms with Crippen molar-refractivity contribution in [3.8, 4) is 17.2 Å². The lowest BCUT2D eigenvalue weighted by atomic mass is 10.1. The predicted molar refractivity (Wildman–Crippen MR) is 133 cm³/mol. The van der Waals surface area contributed by atoms with Crippen LogP contribution in [0.5, 0.6) is 5.75 Å². The summed E-state index contributed by atoms with van der Waals surface area (Å²) >= 11 is 0. The summed E-state index contributed by atoms with van der Waals surface area (Å²) in [7, 11) is -2.28. The second-order valence-corrected chi connectivity index (χ2v) is 9.62. The van der Waals surface area contributed by atoms with Gasteiger partial charge in [-0.15, -0.1) is 0 Å². The molecule has 1 aromatic heterocycles. The largest absolute Gasteiger partial charge is 0.497 e. The number of nitrogens with one attached hydrogen (secondary N) is 2. The van der Waals surface area contributed by atoms with Crippen LogP contribution in [0.4, 0.5) is 5.69 Å². The zero-order valence-corrected chi connectivity index (χ0v) is 20.3. The van der Waals surface area contributed by atoms with Crippen LogP contribution in [-0.4, -0.2) is 26.4 Å². The topological polar surface area (TPSA) is 111 Å². The van der Waals surface area contributed by atoms with E-state index in [1.165, 1.54) is 19.2 Å². The van der Waals surface area contributed by atoms with Gasteiger partial charge in [-0.25, -0.2) is 13.4 Å². The van der Waals surface area contributed by atoms with Gasteiger partial charge in [0.1, 0.15) is 17.2 Å². The summed E-state index contributed by atoms with van der Waals surface area (Å²) in [5.41, 5.74) is 3.12. The highest BCUT2D eigenvalue weighted by atomic mass is 32.2. The number of carbonyl (C=O) groups is 1. The molecule has 8 nitrogen and oxygen atoms in total. The van der Waals surface area contributed by atoms with Gasteiger partial charge in [-0.1, -0.05) is 23.8 Å². The van der Waals surface area contributed by atoms with Crippen molar-refractivity contribution >= 4 is 21.6 Å². The Morgan fingerprint density at radius 2 is 1.74 bits per heavy atom. The molecule has 2 N–H and O–H groups in total. The number of benzene rings is 3. The van der Waals surface area contributed by atoms with Crippen LogP contribution in [0.15, 0.2) is 82.1 Å². The molecule has 35 heavy (non-hydrogen) atoms. The van der Waals surface area contributed by atoms with E-state index >= 15 is 0 Å². The van der Waals surface area contributed by atoms with Gasteiger partial charge in [-0.3, -0.25) is 9.52 Å². The maximum Gasteiger partial charge on any atom is 0.261 e. The maximum absolute atomic E-state index is 12.8. The van der Waals surface area contributed by atoms with Gasteiger partial charge in [0, 0.05) is 16.8 Å². The van der Waals surface area contributed by atoms with E-state index in [9.17, 15) is 13.2 Å². The maximum atomic E-state index is 12.8. The van der Waals surface area contributed by atoms with Crippen LogP contribution >= 0.6 is 0 Å². The smallest absolute Gasteiger partial charge is 0.261 e. The van der Waals surface area contributed by atoms with Gasteiger partial charge in [0.15, 0.2) is 0 Å². The van der Waals surface area contributed by atoms with E-state index in [0.717, 1.165) is 5.56 Å². The molecule has 3 aromatic carbocycles. The SMILES string of the molecule is COc1ccc(S(=O)(=O)Nc2cccc(-c3nc(CNC(=O)c4cccc(C)c4)c(C)o3)c2)cc1. The molecule has 0 saturated heterocycles. The summed E-state index contributed by atoms with van der Waals surface area (Å²) in [5.74, 6) is 1.25. The molecule has 4 rings (SSSR count). The average molecular weight is 492 g/mol. The van der Waals surface area contributed by atoms with Crippen molar-refractivity contribution in [1.29, 1.82) is 0 Å². The van der Waals surface area contributed by atoms with Crippen LogP contribution in [0, 0.1) is 13.8 Å². The minimum absolute atomic E-state index is 0.113. The Morgan fingerprint density at radius 3 is 2.46 bits per heavy atom. The highest BCUT2D eigenvalue weighted by Gasteiger charge is 2.17. The number of methoxy groups -OCH3 is 1. The van der Waals surface area contributed by atoms with E-state index in [2.05, 4.69) is 15.0 Å². The summed E-state index contributed by atoms with van der Waals surface area (Å²) in [5, 5.41) is 2.85. The second kappa shape index (κ2) is 10.0. The zero-order valence-electron chi connectivity index (χ0n) is 19.5. The van der Waals surface area contributed by atoms with Crippen molar-refractivity contribution in [1.82, 2.24) is 10.3 Å². The molecule has 0 bridgehead atoms. The highest BCUT2D eigenvalue weighted by Crippen LogP contribution is 2.26. The molecular weight excluding hydrogens is 466 g/mol. The summed E-state index contributed by atoms with van der Waals surface area (Å²) in [6.45, 7) is 3.89. The van der Waals surface area contributed by atoms with Crippen LogP contribution in [0.2, 0.25) is 0 Å². The fourth-order valence-electron chi connectivity index (χ4n) is 3.45. The van der Waals surface area contributed by atoms with Gasteiger partial charge in [0.05, 0.1) is 18.6 Å². The zero-order chi connectivity index (χ0) is 25.0. The Bertz CT molecular complexity index is 1460. The average Bonchev–Trinajstić information content (AvgIpc) is 3.23. The first-order valence-electron chi connectivity index (χ1n) is 10.8. The van der Waals surface area contributed by atoms with Crippen molar-refractivity contribution in [2.75, 3.05) is 11.8 Å². The van der Waals surface area contributed by atoms with Crippen LogP contribution < -0.4 is 14.8 Å². The molecule has 0 atom stereocenters. The minimum Gasteiger partial charge on any atom is -0.497 e. The molecule has 0 fully saturated rings. The molecule has 0 unspecified atom stereocenters. The van der Waals surface area contributed by atoms with Gasteiger partial charge in [0.2, 0.25) is 5.89 Å². The predicted octanol–water partition coefficient (Wildman–Crippen LogP) is 4.70. The standard InChI is InChI=1S/C26H25N3O5S/c1-17-6-4-7-19(14-17)25(30)27-16-24-18(2)34-26(28-24)20-8-5-9-21(15-20)29-35(31,32)23-12-10-22(33-3)11-13-23/h4-15,29H,16H2,1-3H3,(H,27,30). The number of aromatic nitrogens is 1. The Labute approximate surface area is 204 Å². The van der Waals surface area contributed by atoms with Crippen LogP contribution in [0.25, 0.3) is 11.5 Å². The molecular formula is C26H25N3O5S. The Balaban J connectivity index is 1.48. The minimum atomic E-state index is -3.79. The van der Waals surface area contributed by atoms with Crippen molar-refractivity contribution in [3.63, 3.8) is 0 Å². The van der Waals surface area contributed by atoms with Gasteiger partial charge in [0.25, 0.3) is 15.9 Å². The Hall–Kier alpha value is -4.11. The number of hydrogen-bond donors (Lipinski definition) is 2. The van der Waals surface area contributed by atoms with Crippen molar-refractivity contribution in [2.45, 2.75) is 25.3 Å². The van der Waals surface area contributed by atoms with Crippen molar-refractivity contribution < 1.29 is 22.4 Å². The number of carbonyl (C=O) groups excluding carboxylic acids is 1. The number of ether oxygens (including phenoxy) is 1. The first kappa shape index (κ1) is 24.0. The normalized spacial score (nSPS) is 11.2. The number of aryl methyl sites for hydroxylation is 2. The lowest BCUT2D eigenvalue weighted by molar-refractivity contribution is 0.0950. The molecule has 180 valence electrons. The molecule has 0 aliphatic heterocycles. The van der Waals surface area contributed by atoms with Gasteiger partial charge < -0.3 is 14.5 Å². The quantitative estimate of drug-likeness (QED) is 0.370. The summed E-state index contributed by atoms with van der Waals surface area (Å²) in [4.78, 5) is 17.1. The van der Waals surface area contributed by atoms with Gasteiger partial charge in [-0.2, -0.15) is 0 Å². The van der Waals surface area contributed by atoms with Crippen molar-refractivity contribution in [3.05, 3.63) is 95.4 Å². The number of anilines is 1. The lowest BCUT2D eigenvalue weighted by Crippen LogP contribution is -2.23. The van der Waals surface area contributed by atoms with E-state index in [1.807, 2.05) is 25.1 Å². The Kier molecular flexibility index (Phi) is 6.88. The molecule has 9 heteroatoms. The third-order valence-corrected chi connectivity index (χ3v) is 6.72. The number of hydrogen-bond acceptors (Lipinski definition) is 6. The fraction of sp³-hybridized carbons (Fsp3) is 0.154. The summed E-state index contributed by atoms with van der Waals surface area (Å²) in [6.07, 6.45) is 0. The molecule has 0 spiro atoms. The third-order valence-electron chi connectivity index (χ3n) is 5.32. The summed E-state index contributed by atoms with van der Waals surface area (Å²) < 4.78 is 39.0. The molecule has 0 aliphatic carbocycles. The fourth-order valence-corrected chi connectivity index (χ4v) is 4.50. The molecule has 0 aliphatic rings. The number of rotatable bonds is 8. The van der Waals surface area contributed by atoms with Crippen molar-refractivity contribution in [2.24, 2.45) is 0 Å². The molecule has 1 heterocycles. The number of sulfonamides is 1. The van der Waals surface area contributed by atoms with E-state index in [-0.39, 0.29) is 17.3 Å². The van der Waals surface area contributed by atoms with Crippen LogP contribution in [0.3, 0.4) is 0 Å². The van der Waals surface area contributed by atoms with Crippen LogP contribution in [0.1, 0.15) is 27.4 Å². The first-order chi connectivity index (χ1) is 16.7. The van der Waals surface area contributed by atoms with E-state index < -0.39 is 10.0 Å². The summed E-state index contributed by atoms with van der Waals surface area (Å²) in [6, 6.07) is 20.2. The second-order valence-electron chi connectivity index (χ2n) is 7.94. The number of oxazole rings is 1. The van der Waals surface area contributed by atoms with Gasteiger partial charge >= 0.3 is 0 Å². The molecule has 4 aromatic rings. The van der Waals surface area contributed by atoms with Gasteiger partial charge in [-0.05, 0) is 68.4 Å². The monoisotopic (exact) mass is 491 g/mol. The van der Waals surface area contributed by atoms with E-state index in [0.29, 0.717) is 39.9 Å². The van der Waals surface area contributed by atoms with Crippen LogP contribution in [-0.2, 0) is 16.6 Å². The Morgan fingerprint density at radius 1 is 1.00 bits per heavy atom. The molecule has 0 radical (unpaired) electrons. The highest BCUT2D eigenvalue weighted by molar-refractivity contribution is 7.92. The molecule has 1 amide bonds. The lowest BCUT2D eigenvalue weighted by Gasteiger charge is -2.09. The van der Waals surface area contributed by atoms with E-state index in [4.69, 9.17) is 9.15 Å². The van der Waals surface area contributed by atoms with E-state index in [1.54, 1.807) is 49.4 Å². The number of amides is 1. The number of nitrogens with zero attached hydrogens (tertiary/aromatic N) is 1. The first-order valence-corrected chi connectivity index (χ1v) is 12.3. The molecule has 0 saturated carbocycles.